The molecule has 2 atom stereocenters. The summed E-state index contributed by atoms with van der Waals surface area (Å²) in [6, 6.07) is 14.9. The molecule has 1 saturated heterocycles. The Bertz CT molecular complexity index is 1650. The topological polar surface area (TPSA) is 98.0 Å². The molecule has 0 radical (unpaired) electrons. The molecule has 2 aliphatic rings. The number of halogens is 2. The molecule has 3 aromatic carbocycles. The van der Waals surface area contributed by atoms with E-state index in [2.05, 4.69) is 4.99 Å². The average Bonchev–Trinajstić information content (AvgIpc) is 3.09. The number of likely N-dealkylation sites (tertiary alicyclic amines) is 1. The molecule has 10 heteroatoms. The molecule has 4 aromatic rings. The highest BCUT2D eigenvalue weighted by Gasteiger charge is 2.31. The smallest absolute Gasteiger partial charge is 0.341 e. The molecule has 3 heterocycles. The van der Waals surface area contributed by atoms with Gasteiger partial charge in [0.2, 0.25) is 5.62 Å². The lowest BCUT2D eigenvalue weighted by atomic mass is 9.95. The third-order valence-corrected chi connectivity index (χ3v) is 7.36. The monoisotopic (exact) mass is 531 g/mol. The summed E-state index contributed by atoms with van der Waals surface area (Å²) in [5.74, 6) is -0.574. The fraction of sp³-hybridized carbons (Fsp3) is 0.241. The second-order valence-electron chi connectivity index (χ2n) is 9.94. The second-order valence-corrected chi connectivity index (χ2v) is 9.94. The van der Waals surface area contributed by atoms with Gasteiger partial charge in [-0.05, 0) is 55.4 Å². The van der Waals surface area contributed by atoms with E-state index in [4.69, 9.17) is 10.5 Å². The number of urea groups is 1. The van der Waals surface area contributed by atoms with Crippen molar-refractivity contribution in [2.45, 2.75) is 25.2 Å². The maximum absolute atomic E-state index is 14.2. The number of nitrogens with zero attached hydrogens (tertiary/aromatic N) is 4. The number of para-hydroxylation sites is 2. The SMILES string of the molecule is CN1CC[C@H](n2c(=NC(N)=O)n(C=C3c4ccc(F)cc4COc4cc(F)ccc43)c3ccccc32)[C@@H](O)C1. The minimum atomic E-state index is -0.886. The molecule has 0 bridgehead atoms. The summed E-state index contributed by atoms with van der Waals surface area (Å²) >= 11 is 0. The molecule has 3 N–H and O–H groups in total. The molecular formula is C29H27F2N5O3. The lowest BCUT2D eigenvalue weighted by molar-refractivity contribution is 0.0379. The van der Waals surface area contributed by atoms with Gasteiger partial charge in [-0.1, -0.05) is 18.2 Å². The molecule has 0 spiro atoms. The van der Waals surface area contributed by atoms with Crippen LogP contribution >= 0.6 is 0 Å². The average molecular weight is 532 g/mol. The number of hydrogen-bond acceptors (Lipinski definition) is 4. The maximum atomic E-state index is 14.2. The quantitative estimate of drug-likeness (QED) is 0.410. The fourth-order valence-corrected chi connectivity index (χ4v) is 5.59. The standard InChI is InChI=1S/C29H27F2N5O3/c1-34-11-10-25(26(37)15-34)36-24-5-3-2-4-23(24)35(29(36)33-28(32)38)14-22-20-8-6-18(30)12-17(20)16-39-27-13-19(31)7-9-21(22)27/h2-9,12-14,25-26,37H,10-11,15-16H2,1H3,(H2,32,38)/t25-,26-/m0/s1. The number of carbonyl (C=O) groups excluding carboxylic acids is 1. The van der Waals surface area contributed by atoms with Crippen molar-refractivity contribution in [1.29, 1.82) is 0 Å². The molecule has 0 unspecified atom stereocenters. The molecule has 39 heavy (non-hydrogen) atoms. The number of likely N-dealkylation sites (N-methyl/N-ethyl adjacent to an activating group) is 1. The molecule has 1 aromatic heterocycles. The zero-order valence-corrected chi connectivity index (χ0v) is 21.2. The molecule has 0 aliphatic carbocycles. The lowest BCUT2D eigenvalue weighted by Gasteiger charge is -2.34. The van der Waals surface area contributed by atoms with Gasteiger partial charge in [-0.15, -0.1) is 0 Å². The minimum Gasteiger partial charge on any atom is -0.488 e. The van der Waals surface area contributed by atoms with E-state index in [9.17, 15) is 18.7 Å². The van der Waals surface area contributed by atoms with Crippen LogP contribution in [-0.2, 0) is 6.61 Å². The van der Waals surface area contributed by atoms with Gasteiger partial charge in [0.05, 0.1) is 23.2 Å². The summed E-state index contributed by atoms with van der Waals surface area (Å²) in [5.41, 5.74) is 9.79. The first-order valence-electron chi connectivity index (χ1n) is 12.7. The highest BCUT2D eigenvalue weighted by atomic mass is 19.1. The predicted molar refractivity (Wildman–Crippen MR) is 143 cm³/mol. The summed E-state index contributed by atoms with van der Waals surface area (Å²) < 4.78 is 37.9. The van der Waals surface area contributed by atoms with Crippen LogP contribution < -0.4 is 16.1 Å². The van der Waals surface area contributed by atoms with Gasteiger partial charge in [0, 0.05) is 42.1 Å². The Morgan fingerprint density at radius 3 is 2.54 bits per heavy atom. The predicted octanol–water partition coefficient (Wildman–Crippen LogP) is 3.88. The van der Waals surface area contributed by atoms with Crippen molar-refractivity contribution in [1.82, 2.24) is 14.0 Å². The summed E-state index contributed by atoms with van der Waals surface area (Å²) in [6.45, 7) is 1.26. The number of hydrogen-bond donors (Lipinski definition) is 2. The van der Waals surface area contributed by atoms with E-state index in [1.807, 2.05) is 40.8 Å². The van der Waals surface area contributed by atoms with Crippen molar-refractivity contribution in [2.24, 2.45) is 10.7 Å². The number of aromatic nitrogens is 2. The first-order chi connectivity index (χ1) is 18.8. The maximum Gasteiger partial charge on any atom is 0.341 e. The van der Waals surface area contributed by atoms with Crippen LogP contribution in [0.2, 0.25) is 0 Å². The van der Waals surface area contributed by atoms with Crippen molar-refractivity contribution < 1.29 is 23.4 Å². The third kappa shape index (κ3) is 4.51. The zero-order chi connectivity index (χ0) is 27.3. The summed E-state index contributed by atoms with van der Waals surface area (Å²) in [5, 5.41) is 11.1. The Morgan fingerprint density at radius 2 is 1.79 bits per heavy atom. The Kier molecular flexibility index (Phi) is 6.28. The van der Waals surface area contributed by atoms with Crippen LogP contribution in [0, 0.1) is 11.6 Å². The number of aliphatic hydroxyl groups excluding tert-OH is 1. The highest BCUT2D eigenvalue weighted by molar-refractivity contribution is 5.93. The van der Waals surface area contributed by atoms with Crippen molar-refractivity contribution in [3.8, 4) is 5.75 Å². The summed E-state index contributed by atoms with van der Waals surface area (Å²) in [6.07, 6.45) is 1.71. The van der Waals surface area contributed by atoms with Gasteiger partial charge in [0.15, 0.2) is 0 Å². The summed E-state index contributed by atoms with van der Waals surface area (Å²) in [4.78, 5) is 18.5. The first-order valence-corrected chi connectivity index (χ1v) is 12.7. The molecular weight excluding hydrogens is 504 g/mol. The van der Waals surface area contributed by atoms with Crippen molar-refractivity contribution in [2.75, 3.05) is 20.1 Å². The van der Waals surface area contributed by atoms with Crippen LogP contribution in [0.4, 0.5) is 13.6 Å². The van der Waals surface area contributed by atoms with Gasteiger partial charge in [0.25, 0.3) is 0 Å². The molecule has 1 fully saturated rings. The molecule has 0 saturated carbocycles. The number of piperidine rings is 1. The van der Waals surface area contributed by atoms with E-state index in [1.54, 1.807) is 22.9 Å². The Labute approximate surface area is 222 Å². The Balaban J connectivity index is 1.68. The van der Waals surface area contributed by atoms with E-state index < -0.39 is 23.8 Å². The van der Waals surface area contributed by atoms with E-state index >= 15 is 0 Å². The second kappa shape index (κ2) is 9.79. The Hall–Kier alpha value is -4.28. The number of imidazole rings is 1. The van der Waals surface area contributed by atoms with Gasteiger partial charge >= 0.3 is 6.03 Å². The molecule has 2 aliphatic heterocycles. The number of carbonyl (C=O) groups is 1. The Morgan fingerprint density at radius 1 is 1.08 bits per heavy atom. The van der Waals surface area contributed by atoms with Crippen molar-refractivity contribution >= 4 is 28.8 Å². The number of amides is 2. The van der Waals surface area contributed by atoms with E-state index in [0.29, 0.717) is 46.5 Å². The van der Waals surface area contributed by atoms with E-state index in [0.717, 1.165) is 12.1 Å². The lowest BCUT2D eigenvalue weighted by Crippen LogP contribution is -2.45. The van der Waals surface area contributed by atoms with Gasteiger partial charge < -0.3 is 25.0 Å². The first kappa shape index (κ1) is 25.0. The highest BCUT2D eigenvalue weighted by Crippen LogP contribution is 2.38. The van der Waals surface area contributed by atoms with Crippen LogP contribution in [0.25, 0.3) is 22.8 Å². The molecule has 200 valence electrons. The van der Waals surface area contributed by atoms with E-state index in [-0.39, 0.29) is 18.3 Å². The number of ether oxygens (including phenoxy) is 1. The normalized spacial score (nSPS) is 20.9. The largest absolute Gasteiger partial charge is 0.488 e. The fourth-order valence-electron chi connectivity index (χ4n) is 5.59. The van der Waals surface area contributed by atoms with Crippen molar-refractivity contribution in [3.63, 3.8) is 0 Å². The molecule has 6 rings (SSSR count). The molecule has 2 amide bonds. The van der Waals surface area contributed by atoms with Crippen LogP contribution in [0.3, 0.4) is 0 Å². The minimum absolute atomic E-state index is 0.0492. The number of fused-ring (bicyclic) bond motifs is 3. The van der Waals surface area contributed by atoms with Gasteiger partial charge in [0.1, 0.15) is 24.0 Å². The molecule has 8 nitrogen and oxygen atoms in total. The van der Waals surface area contributed by atoms with Gasteiger partial charge in [-0.3, -0.25) is 4.57 Å². The van der Waals surface area contributed by atoms with Crippen molar-refractivity contribution in [3.05, 3.63) is 94.6 Å². The summed E-state index contributed by atoms with van der Waals surface area (Å²) in [7, 11) is 1.95. The van der Waals surface area contributed by atoms with Crippen LogP contribution in [0.15, 0.2) is 65.7 Å². The van der Waals surface area contributed by atoms with Gasteiger partial charge in [-0.25, -0.2) is 13.6 Å². The number of primary amides is 1. The zero-order valence-electron chi connectivity index (χ0n) is 21.2. The van der Waals surface area contributed by atoms with E-state index in [1.165, 1.54) is 24.3 Å². The van der Waals surface area contributed by atoms with Crippen LogP contribution in [-0.4, -0.2) is 51.4 Å². The number of aliphatic hydroxyl groups is 1. The van der Waals surface area contributed by atoms with Gasteiger partial charge in [-0.2, -0.15) is 4.99 Å². The van der Waals surface area contributed by atoms with Crippen LogP contribution in [0.1, 0.15) is 29.2 Å². The third-order valence-electron chi connectivity index (χ3n) is 7.36. The number of nitrogens with two attached hydrogens (primary N) is 1. The number of rotatable bonds is 2. The van der Waals surface area contributed by atoms with Crippen LogP contribution in [0.5, 0.6) is 5.75 Å². The number of benzene rings is 3. The number of β-amino-alcohol motifs (C(OH)–C–C–N with tert-alkyl or cyclic N) is 1.